The van der Waals surface area contributed by atoms with E-state index in [1.807, 2.05) is 19.1 Å². The zero-order valence-electron chi connectivity index (χ0n) is 15.2. The van der Waals surface area contributed by atoms with Crippen molar-refractivity contribution in [3.8, 4) is 5.75 Å². The molecular formula is C20H21Cl3N2O2. The van der Waals surface area contributed by atoms with Gasteiger partial charge in [-0.3, -0.25) is 9.69 Å². The van der Waals surface area contributed by atoms with Crippen LogP contribution in [0.5, 0.6) is 5.75 Å². The van der Waals surface area contributed by atoms with Gasteiger partial charge >= 0.3 is 0 Å². The van der Waals surface area contributed by atoms with Crippen molar-refractivity contribution in [1.82, 2.24) is 10.2 Å². The van der Waals surface area contributed by atoms with Crippen LogP contribution in [0.25, 0.3) is 0 Å². The van der Waals surface area contributed by atoms with Crippen LogP contribution in [-0.4, -0.2) is 30.9 Å². The highest BCUT2D eigenvalue weighted by molar-refractivity contribution is 6.42. The van der Waals surface area contributed by atoms with E-state index in [-0.39, 0.29) is 11.8 Å². The number of likely N-dealkylation sites (tertiary alicyclic amines) is 1. The molecule has 1 heterocycles. The molecule has 1 amide bonds. The Morgan fingerprint density at radius 3 is 2.44 bits per heavy atom. The van der Waals surface area contributed by atoms with Crippen molar-refractivity contribution in [3.63, 3.8) is 0 Å². The minimum Gasteiger partial charge on any atom is -0.487 e. The number of hydrogen-bond donors (Lipinski definition) is 1. The molecule has 0 atom stereocenters. The van der Waals surface area contributed by atoms with Gasteiger partial charge in [0.15, 0.2) is 0 Å². The maximum atomic E-state index is 11.6. The Kier molecular flexibility index (Phi) is 6.53. The summed E-state index contributed by atoms with van der Waals surface area (Å²) in [5.41, 5.74) is 3.00. The fraction of sp³-hybridized carbons (Fsp3) is 0.350. The molecule has 0 aliphatic carbocycles. The van der Waals surface area contributed by atoms with Crippen LogP contribution in [0, 0.1) is 12.8 Å². The van der Waals surface area contributed by atoms with E-state index in [0.717, 1.165) is 36.3 Å². The number of nitrogens with zero attached hydrogens (tertiary/aromatic N) is 1. The van der Waals surface area contributed by atoms with Gasteiger partial charge in [0.2, 0.25) is 5.91 Å². The first kappa shape index (κ1) is 20.3. The molecule has 0 spiro atoms. The third-order valence-corrected chi connectivity index (χ3v) is 5.66. The summed E-state index contributed by atoms with van der Waals surface area (Å²) in [7, 11) is 1.67. The number of carbonyl (C=O) groups is 1. The maximum absolute atomic E-state index is 11.6. The molecule has 2 aromatic rings. The highest BCUT2D eigenvalue weighted by Gasteiger charge is 2.31. The van der Waals surface area contributed by atoms with E-state index >= 15 is 0 Å². The van der Waals surface area contributed by atoms with Gasteiger partial charge in [-0.2, -0.15) is 0 Å². The Labute approximate surface area is 174 Å². The molecule has 1 fully saturated rings. The highest BCUT2D eigenvalue weighted by atomic mass is 35.5. The molecule has 0 radical (unpaired) electrons. The molecule has 0 saturated carbocycles. The van der Waals surface area contributed by atoms with Crippen molar-refractivity contribution < 1.29 is 9.53 Å². The van der Waals surface area contributed by atoms with Crippen LogP contribution >= 0.6 is 34.8 Å². The molecular weight excluding hydrogens is 407 g/mol. The van der Waals surface area contributed by atoms with Crippen molar-refractivity contribution in [2.24, 2.45) is 5.92 Å². The van der Waals surface area contributed by atoms with E-state index in [4.69, 9.17) is 39.5 Å². The van der Waals surface area contributed by atoms with Gasteiger partial charge in [0.05, 0.1) is 21.0 Å². The Morgan fingerprint density at radius 1 is 1.11 bits per heavy atom. The van der Waals surface area contributed by atoms with E-state index in [0.29, 0.717) is 27.4 Å². The summed E-state index contributed by atoms with van der Waals surface area (Å²) in [5.74, 6) is 0.852. The van der Waals surface area contributed by atoms with Crippen molar-refractivity contribution in [1.29, 1.82) is 0 Å². The van der Waals surface area contributed by atoms with E-state index in [1.165, 1.54) is 0 Å². The smallest absolute Gasteiger partial charge is 0.225 e. The Morgan fingerprint density at radius 2 is 1.81 bits per heavy atom. The van der Waals surface area contributed by atoms with Gasteiger partial charge in [-0.15, -0.1) is 0 Å². The monoisotopic (exact) mass is 426 g/mol. The summed E-state index contributed by atoms with van der Waals surface area (Å²) in [4.78, 5) is 13.8. The standard InChI is InChI=1S/C20H21Cl3N2O2/c1-12-5-14(8-25-9-15(10-25)20(26)24-2)7-18(23)19(12)27-11-13-3-4-16(21)17(22)6-13/h3-7,15H,8-11H2,1-2H3,(H,24,26). The second-order valence-corrected chi connectivity index (χ2v) is 7.99. The first-order chi connectivity index (χ1) is 12.9. The number of rotatable bonds is 6. The topological polar surface area (TPSA) is 41.6 Å². The molecule has 0 aromatic heterocycles. The zero-order chi connectivity index (χ0) is 19.6. The van der Waals surface area contributed by atoms with Crippen LogP contribution in [0.4, 0.5) is 0 Å². The van der Waals surface area contributed by atoms with Gasteiger partial charge in [0.25, 0.3) is 0 Å². The van der Waals surface area contributed by atoms with Gasteiger partial charge in [-0.05, 0) is 41.8 Å². The summed E-state index contributed by atoms with van der Waals surface area (Å²) < 4.78 is 5.91. The van der Waals surface area contributed by atoms with Gasteiger partial charge in [0, 0.05) is 26.7 Å². The predicted octanol–water partition coefficient (Wildman–Crippen LogP) is 4.71. The van der Waals surface area contributed by atoms with Crippen LogP contribution in [0.15, 0.2) is 30.3 Å². The first-order valence-electron chi connectivity index (χ1n) is 8.67. The van der Waals surface area contributed by atoms with Crippen LogP contribution in [0.2, 0.25) is 15.1 Å². The molecule has 4 nitrogen and oxygen atoms in total. The Hall–Kier alpha value is -1.46. The average molecular weight is 428 g/mol. The second-order valence-electron chi connectivity index (χ2n) is 6.77. The number of nitrogens with one attached hydrogen (secondary N) is 1. The fourth-order valence-electron chi connectivity index (χ4n) is 3.19. The lowest BCUT2D eigenvalue weighted by molar-refractivity contribution is -0.129. The number of halogens is 3. The fourth-order valence-corrected chi connectivity index (χ4v) is 3.85. The molecule has 1 aliphatic heterocycles. The highest BCUT2D eigenvalue weighted by Crippen LogP contribution is 2.32. The minimum atomic E-state index is 0.0837. The lowest BCUT2D eigenvalue weighted by atomic mass is 9.98. The summed E-state index contributed by atoms with van der Waals surface area (Å²) in [6.07, 6.45) is 0. The molecule has 144 valence electrons. The number of carbonyl (C=O) groups excluding carboxylic acids is 1. The minimum absolute atomic E-state index is 0.0837. The van der Waals surface area contributed by atoms with Crippen molar-refractivity contribution in [3.05, 3.63) is 62.1 Å². The first-order valence-corrected chi connectivity index (χ1v) is 9.80. The van der Waals surface area contributed by atoms with Crippen LogP contribution in [0.1, 0.15) is 16.7 Å². The molecule has 27 heavy (non-hydrogen) atoms. The number of amides is 1. The Balaban J connectivity index is 1.61. The van der Waals surface area contributed by atoms with Gasteiger partial charge in [0.1, 0.15) is 12.4 Å². The molecule has 1 aliphatic rings. The van der Waals surface area contributed by atoms with Crippen LogP contribution in [0.3, 0.4) is 0 Å². The van der Waals surface area contributed by atoms with Crippen molar-refractivity contribution >= 4 is 40.7 Å². The summed E-state index contributed by atoms with van der Waals surface area (Å²) in [6.45, 7) is 4.64. The second kappa shape index (κ2) is 8.70. The van der Waals surface area contributed by atoms with Crippen LogP contribution in [-0.2, 0) is 17.9 Å². The van der Waals surface area contributed by atoms with Gasteiger partial charge < -0.3 is 10.1 Å². The maximum Gasteiger partial charge on any atom is 0.225 e. The largest absolute Gasteiger partial charge is 0.487 e. The quantitative estimate of drug-likeness (QED) is 0.726. The summed E-state index contributed by atoms with van der Waals surface area (Å²) in [5, 5.41) is 4.29. The van der Waals surface area contributed by atoms with E-state index < -0.39 is 0 Å². The molecule has 3 rings (SSSR count). The molecule has 0 unspecified atom stereocenters. The van der Waals surface area contributed by atoms with E-state index in [2.05, 4.69) is 16.3 Å². The average Bonchev–Trinajstić information content (AvgIpc) is 2.59. The van der Waals surface area contributed by atoms with E-state index in [9.17, 15) is 4.79 Å². The number of hydrogen-bond acceptors (Lipinski definition) is 3. The molecule has 1 saturated heterocycles. The van der Waals surface area contributed by atoms with E-state index in [1.54, 1.807) is 19.2 Å². The van der Waals surface area contributed by atoms with Gasteiger partial charge in [-0.1, -0.05) is 46.9 Å². The normalized spacial score (nSPS) is 14.7. The Bertz CT molecular complexity index is 828. The molecule has 2 aromatic carbocycles. The predicted molar refractivity (Wildman–Crippen MR) is 110 cm³/mol. The third kappa shape index (κ3) is 4.88. The summed E-state index contributed by atoms with van der Waals surface area (Å²) >= 11 is 18.4. The number of ether oxygens (including phenoxy) is 1. The SMILES string of the molecule is CNC(=O)C1CN(Cc2cc(C)c(OCc3ccc(Cl)c(Cl)c3)c(Cl)c2)C1. The molecule has 0 bridgehead atoms. The van der Waals surface area contributed by atoms with Crippen molar-refractivity contribution in [2.45, 2.75) is 20.1 Å². The molecule has 1 N–H and O–H groups in total. The lowest BCUT2D eigenvalue weighted by Gasteiger charge is -2.38. The molecule has 7 heteroatoms. The number of benzene rings is 2. The zero-order valence-corrected chi connectivity index (χ0v) is 17.5. The summed E-state index contributed by atoms with van der Waals surface area (Å²) in [6, 6.07) is 9.40. The lowest BCUT2D eigenvalue weighted by Crippen LogP contribution is -2.52. The number of aryl methyl sites for hydroxylation is 1. The third-order valence-electron chi connectivity index (χ3n) is 4.64. The van der Waals surface area contributed by atoms with Crippen LogP contribution < -0.4 is 10.1 Å². The van der Waals surface area contributed by atoms with Gasteiger partial charge in [-0.25, -0.2) is 0 Å². The van der Waals surface area contributed by atoms with Crippen molar-refractivity contribution in [2.75, 3.05) is 20.1 Å².